The number of carbonyl (C=O) groups excluding carboxylic acids is 3. The first-order valence-electron chi connectivity index (χ1n) is 9.19. The minimum atomic E-state index is -0.954. The molecule has 3 rings (SSSR count). The zero-order chi connectivity index (χ0) is 20.3. The molecule has 2 amide bonds. The number of ether oxygens (including phenoxy) is 1. The standard InChI is InChI=1S/C19H23Cl2N3O4/c1-22(11-13-2-3-15(20)16(21)10-13)18(26)14-12-24(19(27)17(14)25)5-4-23-6-8-28-9-7-23/h2-3,10,14H,4-9,11-12H2,1H3. The molecule has 2 aliphatic heterocycles. The maximum absolute atomic E-state index is 12.7. The summed E-state index contributed by atoms with van der Waals surface area (Å²) in [5.74, 6) is -2.52. The number of hydrogen-bond donors (Lipinski definition) is 0. The number of halogens is 2. The Morgan fingerprint density at radius 3 is 2.57 bits per heavy atom. The molecule has 2 heterocycles. The van der Waals surface area contributed by atoms with Crippen molar-refractivity contribution in [2.24, 2.45) is 5.92 Å². The highest BCUT2D eigenvalue weighted by Gasteiger charge is 2.44. The number of likely N-dealkylation sites (tertiary alicyclic amines) is 1. The third-order valence-corrected chi connectivity index (χ3v) is 5.82. The van der Waals surface area contributed by atoms with Crippen LogP contribution in [0.15, 0.2) is 18.2 Å². The predicted octanol–water partition coefficient (Wildman–Crippen LogP) is 1.31. The van der Waals surface area contributed by atoms with Crippen molar-refractivity contribution < 1.29 is 19.1 Å². The van der Waals surface area contributed by atoms with Gasteiger partial charge in [0.15, 0.2) is 0 Å². The molecule has 0 aliphatic carbocycles. The maximum Gasteiger partial charge on any atom is 0.290 e. The van der Waals surface area contributed by atoms with E-state index in [-0.39, 0.29) is 19.0 Å². The second-order valence-corrected chi connectivity index (χ2v) is 7.88. The van der Waals surface area contributed by atoms with Crippen LogP contribution in [0.5, 0.6) is 0 Å². The van der Waals surface area contributed by atoms with E-state index in [2.05, 4.69) is 4.90 Å². The van der Waals surface area contributed by atoms with Crippen molar-refractivity contribution in [2.75, 3.05) is 53.0 Å². The molecule has 0 N–H and O–H groups in total. The minimum absolute atomic E-state index is 0.132. The normalized spacial score (nSPS) is 20.7. The summed E-state index contributed by atoms with van der Waals surface area (Å²) < 4.78 is 5.31. The molecular weight excluding hydrogens is 405 g/mol. The Labute approximate surface area is 174 Å². The topological polar surface area (TPSA) is 70.2 Å². The second kappa shape index (κ2) is 9.22. The predicted molar refractivity (Wildman–Crippen MR) is 105 cm³/mol. The van der Waals surface area contributed by atoms with Gasteiger partial charge in [0.1, 0.15) is 5.92 Å². The fraction of sp³-hybridized carbons (Fsp3) is 0.526. The number of morpholine rings is 1. The molecule has 1 aromatic rings. The van der Waals surface area contributed by atoms with Gasteiger partial charge in [-0.1, -0.05) is 29.3 Å². The van der Waals surface area contributed by atoms with Gasteiger partial charge in [0, 0.05) is 46.3 Å². The van der Waals surface area contributed by atoms with Crippen LogP contribution in [0.3, 0.4) is 0 Å². The molecule has 0 aromatic heterocycles. The van der Waals surface area contributed by atoms with E-state index in [1.165, 1.54) is 9.80 Å². The largest absolute Gasteiger partial charge is 0.379 e. The Morgan fingerprint density at radius 1 is 1.18 bits per heavy atom. The molecule has 2 saturated heterocycles. The molecule has 0 bridgehead atoms. The lowest BCUT2D eigenvalue weighted by Gasteiger charge is -2.28. The SMILES string of the molecule is CN(Cc1ccc(Cl)c(Cl)c1)C(=O)C1CN(CCN2CCOCC2)C(=O)C1=O. The lowest BCUT2D eigenvalue weighted by atomic mass is 10.1. The maximum atomic E-state index is 12.7. The molecule has 0 saturated carbocycles. The highest BCUT2D eigenvalue weighted by Crippen LogP contribution is 2.24. The average Bonchev–Trinajstić information content (AvgIpc) is 2.97. The molecule has 152 valence electrons. The van der Waals surface area contributed by atoms with Crippen molar-refractivity contribution in [2.45, 2.75) is 6.54 Å². The summed E-state index contributed by atoms with van der Waals surface area (Å²) in [6, 6.07) is 5.12. The van der Waals surface area contributed by atoms with Gasteiger partial charge >= 0.3 is 0 Å². The Balaban J connectivity index is 1.57. The fourth-order valence-corrected chi connectivity index (χ4v) is 3.74. The van der Waals surface area contributed by atoms with Gasteiger partial charge in [0.2, 0.25) is 11.7 Å². The molecule has 1 atom stereocenters. The summed E-state index contributed by atoms with van der Waals surface area (Å²) in [6.45, 7) is 4.48. The molecule has 1 aromatic carbocycles. The molecule has 2 aliphatic rings. The van der Waals surface area contributed by atoms with Gasteiger partial charge in [-0.15, -0.1) is 0 Å². The Kier molecular flexibility index (Phi) is 6.93. The second-order valence-electron chi connectivity index (χ2n) is 7.06. The third-order valence-electron chi connectivity index (χ3n) is 5.09. The first-order valence-corrected chi connectivity index (χ1v) is 9.94. The fourth-order valence-electron chi connectivity index (χ4n) is 3.42. The van der Waals surface area contributed by atoms with Crippen LogP contribution in [0.2, 0.25) is 10.0 Å². The number of hydrogen-bond acceptors (Lipinski definition) is 5. The summed E-state index contributed by atoms with van der Waals surface area (Å²) in [7, 11) is 1.61. The van der Waals surface area contributed by atoms with Crippen molar-refractivity contribution in [3.05, 3.63) is 33.8 Å². The first kappa shape index (κ1) is 21.0. The van der Waals surface area contributed by atoms with Gasteiger partial charge in [-0.25, -0.2) is 0 Å². The Hall–Kier alpha value is -1.67. The molecular formula is C19H23Cl2N3O4. The van der Waals surface area contributed by atoms with Gasteiger partial charge in [0.25, 0.3) is 5.91 Å². The quantitative estimate of drug-likeness (QED) is 0.505. The molecule has 28 heavy (non-hydrogen) atoms. The van der Waals surface area contributed by atoms with Gasteiger partial charge < -0.3 is 14.5 Å². The van der Waals surface area contributed by atoms with E-state index in [1.807, 2.05) is 0 Å². The van der Waals surface area contributed by atoms with Crippen LogP contribution in [0.4, 0.5) is 0 Å². The van der Waals surface area contributed by atoms with Gasteiger partial charge in [-0.05, 0) is 17.7 Å². The third kappa shape index (κ3) is 4.84. The van der Waals surface area contributed by atoms with Crippen LogP contribution in [0.1, 0.15) is 5.56 Å². The summed E-state index contributed by atoms with van der Waals surface area (Å²) in [5, 5.41) is 0.841. The van der Waals surface area contributed by atoms with Crippen LogP contribution >= 0.6 is 23.2 Å². The highest BCUT2D eigenvalue weighted by atomic mass is 35.5. The van der Waals surface area contributed by atoms with Crippen molar-refractivity contribution in [3.63, 3.8) is 0 Å². The molecule has 2 fully saturated rings. The van der Waals surface area contributed by atoms with Crippen LogP contribution in [0.25, 0.3) is 0 Å². The first-order chi connectivity index (χ1) is 13.4. The summed E-state index contributed by atoms with van der Waals surface area (Å²) in [6.07, 6.45) is 0. The van der Waals surface area contributed by atoms with Gasteiger partial charge in [-0.2, -0.15) is 0 Å². The number of nitrogens with zero attached hydrogens (tertiary/aromatic N) is 3. The average molecular weight is 428 g/mol. The summed E-state index contributed by atoms with van der Waals surface area (Å²) >= 11 is 11.9. The number of amides is 2. The number of Topliss-reactive ketones (excluding diaryl/α,β-unsaturated/α-hetero) is 1. The molecule has 1 unspecified atom stereocenters. The smallest absolute Gasteiger partial charge is 0.290 e. The number of carbonyl (C=O) groups is 3. The molecule has 0 spiro atoms. The molecule has 9 heteroatoms. The van der Waals surface area contributed by atoms with Crippen LogP contribution in [-0.4, -0.2) is 85.3 Å². The van der Waals surface area contributed by atoms with Crippen molar-refractivity contribution in [3.8, 4) is 0 Å². The van der Waals surface area contributed by atoms with Crippen molar-refractivity contribution >= 4 is 40.8 Å². The Morgan fingerprint density at radius 2 is 1.89 bits per heavy atom. The lowest BCUT2D eigenvalue weighted by molar-refractivity contribution is -0.144. The van der Waals surface area contributed by atoms with Crippen LogP contribution in [-0.2, 0) is 25.7 Å². The minimum Gasteiger partial charge on any atom is -0.379 e. The van der Waals surface area contributed by atoms with E-state index < -0.39 is 17.6 Å². The molecule has 0 radical (unpaired) electrons. The number of rotatable bonds is 6. The zero-order valence-corrected chi connectivity index (χ0v) is 17.2. The van der Waals surface area contributed by atoms with Gasteiger partial charge in [-0.3, -0.25) is 19.3 Å². The molecule has 7 nitrogen and oxygen atoms in total. The van der Waals surface area contributed by atoms with Crippen LogP contribution < -0.4 is 0 Å². The van der Waals surface area contributed by atoms with E-state index >= 15 is 0 Å². The van der Waals surface area contributed by atoms with E-state index in [1.54, 1.807) is 25.2 Å². The highest BCUT2D eigenvalue weighted by molar-refractivity contribution is 6.42. The summed E-state index contributed by atoms with van der Waals surface area (Å²) in [5.41, 5.74) is 0.797. The summed E-state index contributed by atoms with van der Waals surface area (Å²) in [4.78, 5) is 42.5. The van der Waals surface area contributed by atoms with Gasteiger partial charge in [0.05, 0.1) is 23.3 Å². The van der Waals surface area contributed by atoms with E-state index in [0.29, 0.717) is 36.3 Å². The van der Waals surface area contributed by atoms with Crippen molar-refractivity contribution in [1.29, 1.82) is 0 Å². The monoisotopic (exact) mass is 427 g/mol. The van der Waals surface area contributed by atoms with E-state index in [9.17, 15) is 14.4 Å². The van der Waals surface area contributed by atoms with Crippen molar-refractivity contribution in [1.82, 2.24) is 14.7 Å². The van der Waals surface area contributed by atoms with E-state index in [0.717, 1.165) is 18.7 Å². The Bertz CT molecular complexity index is 768. The van der Waals surface area contributed by atoms with E-state index in [4.69, 9.17) is 27.9 Å². The number of benzene rings is 1. The van der Waals surface area contributed by atoms with Crippen LogP contribution in [0, 0.1) is 5.92 Å². The lowest BCUT2D eigenvalue weighted by Crippen LogP contribution is -2.42. The zero-order valence-electron chi connectivity index (χ0n) is 15.7. The number of ketones is 1.